The summed E-state index contributed by atoms with van der Waals surface area (Å²) in [5.74, 6) is 2.04. The van der Waals surface area contributed by atoms with Gasteiger partial charge in [-0.05, 0) is 18.1 Å². The molecule has 0 bridgehead atoms. The zero-order valence-corrected chi connectivity index (χ0v) is 11.2. The van der Waals surface area contributed by atoms with Gasteiger partial charge in [-0.25, -0.2) is 4.98 Å². The molecule has 0 aliphatic heterocycles. The first-order chi connectivity index (χ1) is 8.69. The quantitative estimate of drug-likeness (QED) is 0.775. The van der Waals surface area contributed by atoms with E-state index >= 15 is 0 Å². The van der Waals surface area contributed by atoms with Gasteiger partial charge in [-0.1, -0.05) is 25.6 Å². The molecule has 0 N–H and O–H groups in total. The van der Waals surface area contributed by atoms with Crippen molar-refractivity contribution in [1.82, 2.24) is 19.6 Å². The van der Waals surface area contributed by atoms with Gasteiger partial charge in [-0.3, -0.25) is 4.79 Å². The summed E-state index contributed by atoms with van der Waals surface area (Å²) in [6.07, 6.45) is 3.11. The predicted octanol–water partition coefficient (Wildman–Crippen LogP) is 2.00. The molecule has 6 heteroatoms. The molecule has 0 aromatic carbocycles. The Balaban J connectivity index is 2.18. The lowest BCUT2D eigenvalue weighted by atomic mass is 9.88. The maximum atomic E-state index is 12.0. The van der Waals surface area contributed by atoms with E-state index in [1.807, 2.05) is 0 Å². The van der Waals surface area contributed by atoms with Crippen LogP contribution in [0.1, 0.15) is 36.3 Å². The van der Waals surface area contributed by atoms with E-state index in [0.29, 0.717) is 23.7 Å². The Morgan fingerprint density at radius 2 is 2.33 bits per heavy atom. The third-order valence-electron chi connectivity index (χ3n) is 3.10. The van der Waals surface area contributed by atoms with E-state index in [1.54, 1.807) is 22.5 Å². The van der Waals surface area contributed by atoms with E-state index in [1.165, 1.54) is 0 Å². The molecule has 0 amide bonds. The van der Waals surface area contributed by atoms with Crippen molar-refractivity contribution in [2.45, 2.75) is 31.8 Å². The first-order valence-corrected chi connectivity index (χ1v) is 7.08. The van der Waals surface area contributed by atoms with Crippen LogP contribution in [0.2, 0.25) is 0 Å². The average molecular weight is 262 g/mol. The number of Topliss-reactive ketones (excluding diaryl/α,β-unsaturated/α-hetero) is 1. The average Bonchev–Trinajstić information content (AvgIpc) is 2.72. The van der Waals surface area contributed by atoms with Gasteiger partial charge in [0.1, 0.15) is 0 Å². The Labute approximate surface area is 109 Å². The molecule has 2 aromatic heterocycles. The molecule has 0 fully saturated rings. The molecular weight excluding hydrogens is 248 g/mol. The summed E-state index contributed by atoms with van der Waals surface area (Å²) >= 11 is 1.59. The Hall–Kier alpha value is -1.43. The molecule has 1 aliphatic rings. The Bertz CT molecular complexity index is 622. The van der Waals surface area contributed by atoms with Crippen LogP contribution in [0.15, 0.2) is 11.4 Å². The van der Waals surface area contributed by atoms with Crippen molar-refractivity contribution in [3.05, 3.63) is 17.5 Å². The molecule has 0 saturated heterocycles. The number of thioether (sulfide) groups is 1. The topological polar surface area (TPSA) is 60.1 Å². The molecule has 1 atom stereocenters. The van der Waals surface area contributed by atoms with Gasteiger partial charge in [-0.15, -0.1) is 5.10 Å². The summed E-state index contributed by atoms with van der Waals surface area (Å²) in [7, 11) is 0. The molecule has 0 radical (unpaired) electrons. The van der Waals surface area contributed by atoms with E-state index < -0.39 is 0 Å². The van der Waals surface area contributed by atoms with Crippen molar-refractivity contribution in [3.8, 4) is 0 Å². The molecule has 18 heavy (non-hydrogen) atoms. The monoisotopic (exact) mass is 262 g/mol. The van der Waals surface area contributed by atoms with Crippen molar-refractivity contribution < 1.29 is 4.79 Å². The highest BCUT2D eigenvalue weighted by Gasteiger charge is 2.26. The zero-order valence-electron chi connectivity index (χ0n) is 10.4. The van der Waals surface area contributed by atoms with E-state index in [-0.39, 0.29) is 5.78 Å². The summed E-state index contributed by atoms with van der Waals surface area (Å²) in [5, 5.41) is 5.16. The second-order valence-electron chi connectivity index (χ2n) is 4.59. The lowest BCUT2D eigenvalue weighted by molar-refractivity contribution is 0.0951. The van der Waals surface area contributed by atoms with Crippen LogP contribution in [0.5, 0.6) is 0 Å². The lowest BCUT2D eigenvalue weighted by Gasteiger charge is -2.19. The van der Waals surface area contributed by atoms with Gasteiger partial charge >= 0.3 is 0 Å². The third kappa shape index (κ3) is 1.80. The molecule has 3 rings (SSSR count). The highest BCUT2D eigenvalue weighted by atomic mass is 32.2. The van der Waals surface area contributed by atoms with Gasteiger partial charge in [0.05, 0.1) is 11.3 Å². The maximum absolute atomic E-state index is 12.0. The largest absolute Gasteiger partial charge is 0.294 e. The fourth-order valence-electron chi connectivity index (χ4n) is 2.31. The molecular formula is C12H14N4OS. The van der Waals surface area contributed by atoms with Gasteiger partial charge in [0, 0.05) is 12.6 Å². The zero-order chi connectivity index (χ0) is 12.7. The van der Waals surface area contributed by atoms with Gasteiger partial charge in [-0.2, -0.15) is 9.50 Å². The highest BCUT2D eigenvalue weighted by molar-refractivity contribution is 7.99. The van der Waals surface area contributed by atoms with Crippen LogP contribution >= 0.6 is 11.8 Å². The Morgan fingerprint density at radius 1 is 1.50 bits per heavy atom. The normalized spacial score (nSPS) is 19.2. The number of fused-ring (bicyclic) bond motifs is 3. The molecule has 1 aliphatic carbocycles. The highest BCUT2D eigenvalue weighted by Crippen LogP contribution is 2.25. The van der Waals surface area contributed by atoms with Crippen LogP contribution in [0.3, 0.4) is 0 Å². The van der Waals surface area contributed by atoms with E-state index in [4.69, 9.17) is 0 Å². The van der Waals surface area contributed by atoms with Crippen LogP contribution < -0.4 is 0 Å². The van der Waals surface area contributed by atoms with Crippen molar-refractivity contribution in [1.29, 1.82) is 0 Å². The molecule has 5 nitrogen and oxygen atoms in total. The molecule has 94 valence electrons. The van der Waals surface area contributed by atoms with Crippen molar-refractivity contribution in [2.24, 2.45) is 5.92 Å². The molecule has 0 saturated carbocycles. The summed E-state index contributed by atoms with van der Waals surface area (Å²) in [4.78, 5) is 20.5. The van der Waals surface area contributed by atoms with Crippen molar-refractivity contribution >= 4 is 23.3 Å². The van der Waals surface area contributed by atoms with Crippen molar-refractivity contribution in [2.75, 3.05) is 5.75 Å². The fraction of sp³-hybridized carbons (Fsp3) is 0.500. The molecule has 1 unspecified atom stereocenters. The van der Waals surface area contributed by atoms with Gasteiger partial charge in [0.15, 0.2) is 5.78 Å². The number of hydrogen-bond donors (Lipinski definition) is 0. The number of rotatable bonds is 2. The molecule has 2 aromatic rings. The standard InChI is InChI=1S/C12H14N4OS/c1-3-18-12-14-11-13-6-8-9(16(11)15-12)4-7(2)5-10(8)17/h6-7H,3-5H2,1-2H3. The summed E-state index contributed by atoms with van der Waals surface area (Å²) in [6, 6.07) is 0. The lowest BCUT2D eigenvalue weighted by Crippen LogP contribution is -2.21. The number of nitrogens with zero attached hydrogens (tertiary/aromatic N) is 4. The minimum Gasteiger partial charge on any atom is -0.294 e. The first-order valence-electron chi connectivity index (χ1n) is 6.09. The minimum atomic E-state index is 0.165. The fourth-order valence-corrected chi connectivity index (χ4v) is 2.85. The summed E-state index contributed by atoms with van der Waals surface area (Å²) < 4.78 is 1.74. The van der Waals surface area contributed by atoms with Crippen molar-refractivity contribution in [3.63, 3.8) is 0 Å². The van der Waals surface area contributed by atoms with Gasteiger partial charge in [0.25, 0.3) is 5.78 Å². The van der Waals surface area contributed by atoms with Crippen LogP contribution in [0.25, 0.3) is 5.78 Å². The van der Waals surface area contributed by atoms with Crippen LogP contribution in [0.4, 0.5) is 0 Å². The third-order valence-corrected chi connectivity index (χ3v) is 3.82. The Morgan fingerprint density at radius 3 is 3.11 bits per heavy atom. The first kappa shape index (κ1) is 11.6. The number of ketones is 1. The van der Waals surface area contributed by atoms with Crippen LogP contribution in [0, 0.1) is 5.92 Å². The van der Waals surface area contributed by atoms with E-state index in [9.17, 15) is 4.79 Å². The minimum absolute atomic E-state index is 0.165. The molecule has 0 spiro atoms. The number of carbonyl (C=O) groups is 1. The number of hydrogen-bond acceptors (Lipinski definition) is 5. The second-order valence-corrected chi connectivity index (χ2v) is 5.83. The summed E-state index contributed by atoms with van der Waals surface area (Å²) in [6.45, 7) is 4.15. The van der Waals surface area contributed by atoms with Crippen LogP contribution in [-0.4, -0.2) is 31.1 Å². The van der Waals surface area contributed by atoms with Gasteiger partial charge < -0.3 is 0 Å². The second kappa shape index (κ2) is 4.35. The smallest absolute Gasteiger partial charge is 0.253 e. The number of carbonyl (C=O) groups excluding carboxylic acids is 1. The van der Waals surface area contributed by atoms with Crippen LogP contribution in [-0.2, 0) is 6.42 Å². The number of aromatic nitrogens is 4. The summed E-state index contributed by atoms with van der Waals surface area (Å²) in [5.41, 5.74) is 1.66. The van der Waals surface area contributed by atoms with E-state index in [2.05, 4.69) is 28.9 Å². The molecule has 2 heterocycles. The SMILES string of the molecule is CCSc1nc2ncc3c(n2n1)CC(C)CC3=O. The Kier molecular flexibility index (Phi) is 2.81. The van der Waals surface area contributed by atoms with Gasteiger partial charge in [0.2, 0.25) is 5.16 Å². The van der Waals surface area contributed by atoms with E-state index in [0.717, 1.165) is 23.0 Å². The maximum Gasteiger partial charge on any atom is 0.253 e. The predicted molar refractivity (Wildman–Crippen MR) is 69.0 cm³/mol.